The van der Waals surface area contributed by atoms with Gasteiger partial charge < -0.3 is 10.6 Å². The molecule has 1 unspecified atom stereocenters. The zero-order valence-electron chi connectivity index (χ0n) is 12.5. The summed E-state index contributed by atoms with van der Waals surface area (Å²) in [5.74, 6) is 0. The number of hydrogen-bond donors (Lipinski definition) is 2. The molecular formula is C19H24N2. The summed E-state index contributed by atoms with van der Waals surface area (Å²) in [7, 11) is 0. The number of hydrogen-bond acceptors (Lipinski definition) is 2. The second kappa shape index (κ2) is 7.39. The van der Waals surface area contributed by atoms with Crippen molar-refractivity contribution in [3.05, 3.63) is 71.8 Å². The van der Waals surface area contributed by atoms with Crippen LogP contribution in [0.25, 0.3) is 0 Å². The maximum atomic E-state index is 3.89. The first-order valence-corrected chi connectivity index (χ1v) is 8.00. The molecule has 2 aromatic carbocycles. The van der Waals surface area contributed by atoms with Crippen molar-refractivity contribution < 1.29 is 0 Å². The lowest BCUT2D eigenvalue weighted by Crippen LogP contribution is -2.34. The van der Waals surface area contributed by atoms with E-state index < -0.39 is 0 Å². The lowest BCUT2D eigenvalue weighted by molar-refractivity contribution is 0.435. The van der Waals surface area contributed by atoms with Crippen LogP contribution in [0.1, 0.15) is 36.4 Å². The van der Waals surface area contributed by atoms with Gasteiger partial charge in [0.25, 0.3) is 0 Å². The highest BCUT2D eigenvalue weighted by atomic mass is 15.0. The molecule has 1 heterocycles. The molecule has 0 radical (unpaired) electrons. The average Bonchev–Trinajstić information content (AvgIpc) is 2.83. The molecule has 1 fully saturated rings. The maximum absolute atomic E-state index is 3.89. The van der Waals surface area contributed by atoms with Crippen LogP contribution in [0.5, 0.6) is 0 Å². The van der Waals surface area contributed by atoms with Crippen molar-refractivity contribution in [2.24, 2.45) is 0 Å². The molecule has 2 heteroatoms. The van der Waals surface area contributed by atoms with E-state index in [1.807, 2.05) is 0 Å². The molecule has 0 bridgehead atoms. The molecule has 1 aliphatic heterocycles. The van der Waals surface area contributed by atoms with Gasteiger partial charge in [0, 0.05) is 6.04 Å². The van der Waals surface area contributed by atoms with Gasteiger partial charge in [-0.25, -0.2) is 0 Å². The van der Waals surface area contributed by atoms with Gasteiger partial charge in [-0.1, -0.05) is 60.7 Å². The molecular weight excluding hydrogens is 256 g/mol. The molecule has 0 amide bonds. The minimum atomic E-state index is 0.287. The molecule has 0 aliphatic carbocycles. The van der Waals surface area contributed by atoms with Crippen LogP contribution in [0.2, 0.25) is 0 Å². The zero-order valence-corrected chi connectivity index (χ0v) is 12.5. The normalized spacial score (nSPS) is 19.4. The Balaban J connectivity index is 1.82. The summed E-state index contributed by atoms with van der Waals surface area (Å²) >= 11 is 0. The van der Waals surface area contributed by atoms with Crippen molar-refractivity contribution >= 4 is 0 Å². The topological polar surface area (TPSA) is 24.1 Å². The maximum Gasteiger partial charge on any atom is 0.0578 e. The van der Waals surface area contributed by atoms with E-state index in [0.717, 1.165) is 13.1 Å². The predicted molar refractivity (Wildman–Crippen MR) is 88.4 cm³/mol. The lowest BCUT2D eigenvalue weighted by atomic mass is 9.96. The molecule has 1 aliphatic rings. The second-order valence-electron chi connectivity index (χ2n) is 5.80. The molecule has 2 nitrogen and oxygen atoms in total. The molecule has 2 aromatic rings. The van der Waals surface area contributed by atoms with Gasteiger partial charge in [0.1, 0.15) is 0 Å². The van der Waals surface area contributed by atoms with Gasteiger partial charge in [-0.15, -0.1) is 0 Å². The third kappa shape index (κ3) is 3.93. The first-order valence-electron chi connectivity index (χ1n) is 8.00. The summed E-state index contributed by atoms with van der Waals surface area (Å²) in [6.07, 6.45) is 3.72. The number of benzene rings is 2. The molecule has 21 heavy (non-hydrogen) atoms. The van der Waals surface area contributed by atoms with Crippen LogP contribution in [-0.2, 0) is 0 Å². The average molecular weight is 280 g/mol. The quantitative estimate of drug-likeness (QED) is 0.895. The van der Waals surface area contributed by atoms with Gasteiger partial charge in [-0.3, -0.25) is 0 Å². The van der Waals surface area contributed by atoms with Gasteiger partial charge in [0.05, 0.1) is 6.04 Å². The van der Waals surface area contributed by atoms with Crippen molar-refractivity contribution in [2.45, 2.75) is 31.3 Å². The van der Waals surface area contributed by atoms with E-state index >= 15 is 0 Å². The van der Waals surface area contributed by atoms with E-state index in [4.69, 9.17) is 0 Å². The van der Waals surface area contributed by atoms with Gasteiger partial charge in [0.15, 0.2) is 0 Å². The second-order valence-corrected chi connectivity index (χ2v) is 5.80. The minimum Gasteiger partial charge on any atom is -0.317 e. The summed E-state index contributed by atoms with van der Waals surface area (Å²) in [6.45, 7) is 2.27. The lowest BCUT2D eigenvalue weighted by Gasteiger charge is -2.26. The van der Waals surface area contributed by atoms with Crippen molar-refractivity contribution in [2.75, 3.05) is 13.1 Å². The Morgan fingerprint density at radius 2 is 1.43 bits per heavy atom. The van der Waals surface area contributed by atoms with Crippen molar-refractivity contribution in [1.29, 1.82) is 0 Å². The van der Waals surface area contributed by atoms with Gasteiger partial charge in [-0.05, 0) is 43.5 Å². The van der Waals surface area contributed by atoms with E-state index in [1.165, 1.54) is 30.4 Å². The van der Waals surface area contributed by atoms with Crippen LogP contribution in [-0.4, -0.2) is 19.1 Å². The Morgan fingerprint density at radius 1 is 0.810 bits per heavy atom. The Bertz CT molecular complexity index is 476. The van der Waals surface area contributed by atoms with Gasteiger partial charge >= 0.3 is 0 Å². The minimum absolute atomic E-state index is 0.287. The summed E-state index contributed by atoms with van der Waals surface area (Å²) in [5.41, 5.74) is 2.70. The molecule has 1 saturated heterocycles. The molecule has 0 saturated carbocycles. The fourth-order valence-corrected chi connectivity index (χ4v) is 3.10. The summed E-state index contributed by atoms with van der Waals surface area (Å²) in [6, 6.07) is 22.4. The van der Waals surface area contributed by atoms with Gasteiger partial charge in [0.2, 0.25) is 0 Å². The molecule has 2 N–H and O–H groups in total. The van der Waals surface area contributed by atoms with Gasteiger partial charge in [-0.2, -0.15) is 0 Å². The van der Waals surface area contributed by atoms with Crippen LogP contribution >= 0.6 is 0 Å². The summed E-state index contributed by atoms with van der Waals surface area (Å²) < 4.78 is 0. The van der Waals surface area contributed by atoms with E-state index in [1.54, 1.807) is 0 Å². The standard InChI is InChI=1S/C19H24N2/c1-3-8-16(9-4-1)19(17-10-5-2-6-11-17)21-18-12-7-14-20-15-13-18/h1-6,8-11,18-21H,7,12-15H2. The molecule has 3 rings (SSSR count). The van der Waals surface area contributed by atoms with Crippen LogP contribution in [0.15, 0.2) is 60.7 Å². The highest BCUT2D eigenvalue weighted by Gasteiger charge is 2.19. The molecule has 110 valence electrons. The van der Waals surface area contributed by atoms with E-state index in [9.17, 15) is 0 Å². The third-order valence-corrected chi connectivity index (χ3v) is 4.24. The van der Waals surface area contributed by atoms with Crippen LogP contribution in [0.4, 0.5) is 0 Å². The van der Waals surface area contributed by atoms with Crippen LogP contribution < -0.4 is 10.6 Å². The largest absolute Gasteiger partial charge is 0.317 e. The summed E-state index contributed by atoms with van der Waals surface area (Å²) in [4.78, 5) is 0. The van der Waals surface area contributed by atoms with Crippen molar-refractivity contribution in [3.8, 4) is 0 Å². The zero-order chi connectivity index (χ0) is 14.3. The van der Waals surface area contributed by atoms with Crippen LogP contribution in [0.3, 0.4) is 0 Å². The van der Waals surface area contributed by atoms with Crippen LogP contribution in [0, 0.1) is 0 Å². The van der Waals surface area contributed by atoms with E-state index in [0.29, 0.717) is 6.04 Å². The Kier molecular flexibility index (Phi) is 5.03. The molecule has 1 atom stereocenters. The first kappa shape index (κ1) is 14.3. The Hall–Kier alpha value is -1.64. The van der Waals surface area contributed by atoms with E-state index in [-0.39, 0.29) is 6.04 Å². The van der Waals surface area contributed by atoms with Crippen molar-refractivity contribution in [1.82, 2.24) is 10.6 Å². The number of rotatable bonds is 4. The molecule has 0 aromatic heterocycles. The Morgan fingerprint density at radius 3 is 2.05 bits per heavy atom. The Labute approximate surface area is 127 Å². The molecule has 0 spiro atoms. The summed E-state index contributed by atoms with van der Waals surface area (Å²) in [5, 5.41) is 7.38. The van der Waals surface area contributed by atoms with Crippen molar-refractivity contribution in [3.63, 3.8) is 0 Å². The number of nitrogens with one attached hydrogen (secondary N) is 2. The smallest absolute Gasteiger partial charge is 0.0578 e. The SMILES string of the molecule is c1ccc(C(NC2CCCNCC2)c2ccccc2)cc1. The third-order valence-electron chi connectivity index (χ3n) is 4.24. The highest BCUT2D eigenvalue weighted by molar-refractivity contribution is 5.31. The predicted octanol–water partition coefficient (Wildman–Crippen LogP) is 3.51. The fraction of sp³-hybridized carbons (Fsp3) is 0.368. The monoisotopic (exact) mass is 280 g/mol. The first-order chi connectivity index (χ1) is 10.4. The van der Waals surface area contributed by atoms with E-state index in [2.05, 4.69) is 71.3 Å². The fourth-order valence-electron chi connectivity index (χ4n) is 3.10. The highest BCUT2D eigenvalue weighted by Crippen LogP contribution is 2.23.